The van der Waals surface area contributed by atoms with Crippen molar-refractivity contribution in [2.24, 2.45) is 52.6 Å². The molecule has 5 unspecified atom stereocenters. The molecule has 206 valence electrons. The maximum absolute atomic E-state index is 14.3. The van der Waals surface area contributed by atoms with Crippen molar-refractivity contribution in [2.45, 2.75) is 64.0 Å². The minimum Gasteiger partial charge on any atom is -0.368 e. The van der Waals surface area contributed by atoms with Gasteiger partial charge in [0.15, 0.2) is 0 Å². The Morgan fingerprint density at radius 1 is 1.29 bits per heavy atom. The van der Waals surface area contributed by atoms with E-state index in [1.807, 2.05) is 6.08 Å². The highest BCUT2D eigenvalue weighted by Gasteiger charge is 2.70. The van der Waals surface area contributed by atoms with Crippen LogP contribution in [0.3, 0.4) is 0 Å². The number of hydrogen-bond acceptors (Lipinski definition) is 5. The second-order valence-corrected chi connectivity index (χ2v) is 12.8. The Hall–Kier alpha value is -3.03. The third-order valence-corrected chi connectivity index (χ3v) is 9.54. The topological polar surface area (TPSA) is 145 Å². The summed E-state index contributed by atoms with van der Waals surface area (Å²) >= 11 is 0. The quantitative estimate of drug-likeness (QED) is 0.425. The first-order chi connectivity index (χ1) is 17.7. The maximum Gasteiger partial charge on any atom is 0.260 e. The Morgan fingerprint density at radius 3 is 2.47 bits per heavy atom. The summed E-state index contributed by atoms with van der Waals surface area (Å²) in [5.74, 6) is -9.13. The van der Waals surface area contributed by atoms with E-state index in [1.54, 1.807) is 20.8 Å². The SMILES string of the molecule is CC(C)(C)[C@H](NC(=O)[C@H]1CC1(F)F)C(=O)N1CC2C3C=CC(C3)C2C1(C(N)=O)[C@@H](C#N)C[C@H]1CCNC1=O. The van der Waals surface area contributed by atoms with Gasteiger partial charge in [-0.05, 0) is 42.4 Å². The molecule has 0 aromatic heterocycles. The van der Waals surface area contributed by atoms with Crippen LogP contribution in [0.15, 0.2) is 12.2 Å². The van der Waals surface area contributed by atoms with E-state index in [-0.39, 0.29) is 36.6 Å². The molecule has 2 bridgehead atoms. The average Bonchev–Trinajstić information content (AvgIpc) is 3.35. The fourth-order valence-electron chi connectivity index (χ4n) is 7.56. The zero-order valence-corrected chi connectivity index (χ0v) is 21.9. The van der Waals surface area contributed by atoms with Crippen LogP contribution in [0.1, 0.15) is 46.5 Å². The molecule has 0 aromatic rings. The molecule has 9 atom stereocenters. The Bertz CT molecular complexity index is 1140. The van der Waals surface area contributed by atoms with Crippen LogP contribution < -0.4 is 16.4 Å². The van der Waals surface area contributed by atoms with Gasteiger partial charge < -0.3 is 21.3 Å². The fourth-order valence-corrected chi connectivity index (χ4v) is 7.56. The Morgan fingerprint density at radius 2 is 1.95 bits per heavy atom. The number of halogens is 2. The van der Waals surface area contributed by atoms with Crippen LogP contribution in [0.5, 0.6) is 0 Å². The lowest BCUT2D eigenvalue weighted by Crippen LogP contribution is -2.68. The number of nitrogens with one attached hydrogen (secondary N) is 2. The second kappa shape index (κ2) is 8.75. The molecule has 5 rings (SSSR count). The number of nitrogens with zero attached hydrogens (tertiary/aromatic N) is 2. The first kappa shape index (κ1) is 26.6. The third kappa shape index (κ3) is 3.90. The molecule has 4 amide bonds. The van der Waals surface area contributed by atoms with Crippen molar-refractivity contribution >= 4 is 23.6 Å². The van der Waals surface area contributed by atoms with Crippen molar-refractivity contribution in [3.8, 4) is 6.07 Å². The molecule has 38 heavy (non-hydrogen) atoms. The van der Waals surface area contributed by atoms with E-state index in [1.165, 1.54) is 4.90 Å². The van der Waals surface area contributed by atoms with Crippen molar-refractivity contribution in [2.75, 3.05) is 13.1 Å². The van der Waals surface area contributed by atoms with Gasteiger partial charge in [0.1, 0.15) is 17.5 Å². The number of nitrogens with two attached hydrogens (primary N) is 1. The van der Waals surface area contributed by atoms with Crippen LogP contribution >= 0.6 is 0 Å². The highest BCUT2D eigenvalue weighted by atomic mass is 19.3. The third-order valence-electron chi connectivity index (χ3n) is 9.54. The van der Waals surface area contributed by atoms with E-state index in [0.29, 0.717) is 13.0 Å². The number of carbonyl (C=O) groups excluding carboxylic acids is 4. The predicted octanol–water partition coefficient (Wildman–Crippen LogP) is 1.34. The number of amides is 4. The molecule has 5 aliphatic rings. The molecule has 0 aromatic carbocycles. The molecule has 9 nitrogen and oxygen atoms in total. The van der Waals surface area contributed by atoms with Gasteiger partial charge in [0.2, 0.25) is 23.6 Å². The van der Waals surface area contributed by atoms with E-state index in [0.717, 1.165) is 6.42 Å². The number of likely N-dealkylation sites (tertiary alicyclic amines) is 1. The monoisotopic (exact) mass is 531 g/mol. The molecule has 11 heteroatoms. The summed E-state index contributed by atoms with van der Waals surface area (Å²) in [6.07, 6.45) is 4.90. The largest absolute Gasteiger partial charge is 0.368 e. The summed E-state index contributed by atoms with van der Waals surface area (Å²) < 4.78 is 27.3. The smallest absolute Gasteiger partial charge is 0.260 e. The first-order valence-electron chi connectivity index (χ1n) is 13.4. The van der Waals surface area contributed by atoms with Gasteiger partial charge >= 0.3 is 0 Å². The number of hydrogen-bond donors (Lipinski definition) is 3. The molecular formula is C27H35F2N5O4. The van der Waals surface area contributed by atoms with Crippen molar-refractivity contribution in [3.05, 3.63) is 12.2 Å². The Balaban J connectivity index is 1.55. The minimum absolute atomic E-state index is 0.0589. The molecule has 0 radical (unpaired) electrons. The summed E-state index contributed by atoms with van der Waals surface area (Å²) in [4.78, 5) is 54.4. The van der Waals surface area contributed by atoms with Gasteiger partial charge in [-0.3, -0.25) is 19.2 Å². The van der Waals surface area contributed by atoms with Crippen LogP contribution in [0, 0.1) is 58.2 Å². The van der Waals surface area contributed by atoms with E-state index in [4.69, 9.17) is 5.73 Å². The molecule has 3 aliphatic carbocycles. The molecule has 4 N–H and O–H groups in total. The van der Waals surface area contributed by atoms with Crippen molar-refractivity contribution in [1.82, 2.24) is 15.5 Å². The standard InChI is InChI=1S/C27H35F2N5O4/c1-25(2,3)20(33-22(36)18-10-26(18,28)29)23(37)34-12-17-13-4-5-14(8-13)19(17)27(34,24(31)38)16(11-30)9-15-6-7-32-21(15)35/h4-5,13-20H,6-10,12H2,1-3H3,(H2,31,38)(H,32,35)(H,33,36)/t13?,14?,15-,16-,17?,18-,19?,20-,27?/m1/s1. The Labute approximate surface area is 220 Å². The van der Waals surface area contributed by atoms with E-state index in [9.17, 15) is 33.2 Å². The molecule has 0 spiro atoms. The van der Waals surface area contributed by atoms with Gasteiger partial charge in [-0.2, -0.15) is 5.26 Å². The van der Waals surface area contributed by atoms with Crippen molar-refractivity contribution < 1.29 is 28.0 Å². The van der Waals surface area contributed by atoms with Gasteiger partial charge in [-0.15, -0.1) is 0 Å². The molecule has 2 saturated heterocycles. The van der Waals surface area contributed by atoms with Gasteiger partial charge in [-0.1, -0.05) is 32.9 Å². The lowest BCUT2D eigenvalue weighted by Gasteiger charge is -2.46. The van der Waals surface area contributed by atoms with Crippen molar-refractivity contribution in [1.29, 1.82) is 5.26 Å². The Kier molecular flexibility index (Phi) is 6.12. The number of alkyl halides is 2. The summed E-state index contributed by atoms with van der Waals surface area (Å²) in [6, 6.07) is 1.02. The van der Waals surface area contributed by atoms with E-state index in [2.05, 4.69) is 22.8 Å². The van der Waals surface area contributed by atoms with Crippen LogP contribution in [0.4, 0.5) is 8.78 Å². The summed E-state index contributed by atoms with van der Waals surface area (Å²) in [5, 5.41) is 15.7. The zero-order valence-electron chi connectivity index (χ0n) is 21.9. The zero-order chi connectivity index (χ0) is 27.8. The van der Waals surface area contributed by atoms with E-state index >= 15 is 0 Å². The van der Waals surface area contributed by atoms with Crippen LogP contribution in [0.2, 0.25) is 0 Å². The second-order valence-electron chi connectivity index (χ2n) is 12.8. The first-order valence-corrected chi connectivity index (χ1v) is 13.4. The lowest BCUT2D eigenvalue weighted by molar-refractivity contribution is -0.153. The fraction of sp³-hybridized carbons (Fsp3) is 0.741. The summed E-state index contributed by atoms with van der Waals surface area (Å²) in [6.45, 7) is 5.76. The van der Waals surface area contributed by atoms with Gasteiger partial charge in [0.25, 0.3) is 5.92 Å². The van der Waals surface area contributed by atoms with Crippen LogP contribution in [0.25, 0.3) is 0 Å². The number of allylic oxidation sites excluding steroid dienone is 2. The molecule has 4 fully saturated rings. The van der Waals surface area contributed by atoms with Crippen LogP contribution in [-0.4, -0.2) is 59.1 Å². The number of fused-ring (bicyclic) bond motifs is 5. The van der Waals surface area contributed by atoms with Crippen molar-refractivity contribution in [3.63, 3.8) is 0 Å². The summed E-state index contributed by atoms with van der Waals surface area (Å²) in [5.41, 5.74) is 3.56. The molecular weight excluding hydrogens is 496 g/mol. The van der Waals surface area contributed by atoms with Crippen LogP contribution in [-0.2, 0) is 19.2 Å². The molecule has 2 saturated carbocycles. The number of primary amides is 1. The minimum atomic E-state index is -3.10. The average molecular weight is 532 g/mol. The normalized spacial score (nSPS) is 37.8. The number of nitriles is 1. The van der Waals surface area contributed by atoms with E-state index < -0.39 is 70.7 Å². The predicted molar refractivity (Wildman–Crippen MR) is 131 cm³/mol. The van der Waals surface area contributed by atoms with Gasteiger partial charge in [-0.25, -0.2) is 8.78 Å². The number of carbonyl (C=O) groups is 4. The van der Waals surface area contributed by atoms with Gasteiger partial charge in [0.05, 0.1) is 12.0 Å². The maximum atomic E-state index is 14.3. The molecule has 2 heterocycles. The highest BCUT2D eigenvalue weighted by molar-refractivity contribution is 5.97. The molecule has 2 aliphatic heterocycles. The highest BCUT2D eigenvalue weighted by Crippen LogP contribution is 2.61. The number of rotatable bonds is 7. The summed E-state index contributed by atoms with van der Waals surface area (Å²) in [7, 11) is 0. The lowest BCUT2D eigenvalue weighted by atomic mass is 9.65. The van der Waals surface area contributed by atoms with Gasteiger partial charge in [0, 0.05) is 31.3 Å².